The van der Waals surface area contributed by atoms with E-state index >= 15 is 0 Å². The minimum absolute atomic E-state index is 0.0184. The molecule has 0 aliphatic carbocycles. The standard InChI is InChI=1S/C16H19N3O4/c20-14(19-7-6-11(9-19)15(21)22)3-1-2-10-4-5-12-13(8-10)18-16(23)17-12/h4-5,8,11H,1-3,6-7,9H2,(H,21,22)(H2,17,18,23). The van der Waals surface area contributed by atoms with Crippen molar-refractivity contribution in [3.05, 3.63) is 34.2 Å². The van der Waals surface area contributed by atoms with Gasteiger partial charge in [0.1, 0.15) is 0 Å². The Labute approximate surface area is 132 Å². The van der Waals surface area contributed by atoms with Gasteiger partial charge in [-0.2, -0.15) is 0 Å². The first-order valence-electron chi connectivity index (χ1n) is 7.74. The number of carboxylic acid groups (broad SMARTS) is 1. The molecule has 1 saturated heterocycles. The molecule has 122 valence electrons. The van der Waals surface area contributed by atoms with Crippen molar-refractivity contribution in [3.8, 4) is 0 Å². The minimum Gasteiger partial charge on any atom is -0.481 e. The molecule has 3 N–H and O–H groups in total. The Morgan fingerprint density at radius 2 is 2.04 bits per heavy atom. The molecule has 1 aliphatic heterocycles. The number of carbonyl (C=O) groups is 2. The molecule has 7 nitrogen and oxygen atoms in total. The first-order valence-corrected chi connectivity index (χ1v) is 7.74. The number of likely N-dealkylation sites (tertiary alicyclic amines) is 1. The Morgan fingerprint density at radius 3 is 2.78 bits per heavy atom. The zero-order valence-corrected chi connectivity index (χ0v) is 12.7. The Balaban J connectivity index is 1.51. The molecule has 1 aliphatic rings. The van der Waals surface area contributed by atoms with Crippen LogP contribution >= 0.6 is 0 Å². The number of amides is 1. The molecule has 0 spiro atoms. The highest BCUT2D eigenvalue weighted by Crippen LogP contribution is 2.18. The summed E-state index contributed by atoms with van der Waals surface area (Å²) in [6.45, 7) is 0.858. The summed E-state index contributed by atoms with van der Waals surface area (Å²) in [6, 6.07) is 5.70. The molecule has 2 aromatic rings. The van der Waals surface area contributed by atoms with E-state index in [1.807, 2.05) is 18.2 Å². The maximum absolute atomic E-state index is 12.1. The van der Waals surface area contributed by atoms with Gasteiger partial charge in [-0.25, -0.2) is 4.79 Å². The number of carbonyl (C=O) groups excluding carboxylic acids is 1. The fourth-order valence-electron chi connectivity index (χ4n) is 3.03. The van der Waals surface area contributed by atoms with Crippen LogP contribution in [-0.2, 0) is 16.0 Å². The van der Waals surface area contributed by atoms with Crippen LogP contribution in [0.5, 0.6) is 0 Å². The number of imidazole rings is 1. The zero-order valence-electron chi connectivity index (χ0n) is 12.7. The first kappa shape index (κ1) is 15.3. The molecule has 7 heteroatoms. The van der Waals surface area contributed by atoms with Gasteiger partial charge >= 0.3 is 11.7 Å². The van der Waals surface area contributed by atoms with Gasteiger partial charge in [0, 0.05) is 19.5 Å². The van der Waals surface area contributed by atoms with E-state index in [1.54, 1.807) is 4.90 Å². The molecule has 2 heterocycles. The van der Waals surface area contributed by atoms with E-state index in [4.69, 9.17) is 5.11 Å². The van der Waals surface area contributed by atoms with E-state index in [-0.39, 0.29) is 11.6 Å². The quantitative estimate of drug-likeness (QED) is 0.768. The lowest BCUT2D eigenvalue weighted by Gasteiger charge is -2.15. The zero-order chi connectivity index (χ0) is 16.4. The summed E-state index contributed by atoms with van der Waals surface area (Å²) in [5.41, 5.74) is 2.37. The number of nitrogens with zero attached hydrogens (tertiary/aromatic N) is 1. The van der Waals surface area contributed by atoms with Gasteiger partial charge in [-0.1, -0.05) is 6.07 Å². The van der Waals surface area contributed by atoms with Crippen molar-refractivity contribution in [2.45, 2.75) is 25.7 Å². The van der Waals surface area contributed by atoms with Crippen molar-refractivity contribution >= 4 is 22.9 Å². The van der Waals surface area contributed by atoms with Crippen LogP contribution in [0.1, 0.15) is 24.8 Å². The summed E-state index contributed by atoms with van der Waals surface area (Å²) in [6.07, 6.45) is 2.39. The van der Waals surface area contributed by atoms with Crippen LogP contribution in [0.25, 0.3) is 11.0 Å². The molecule has 3 rings (SSSR count). The second kappa shape index (κ2) is 6.28. The average Bonchev–Trinajstić information content (AvgIpc) is 3.12. The van der Waals surface area contributed by atoms with Crippen LogP contribution < -0.4 is 5.69 Å². The van der Waals surface area contributed by atoms with Crippen molar-refractivity contribution in [3.63, 3.8) is 0 Å². The normalized spacial score (nSPS) is 17.7. The van der Waals surface area contributed by atoms with Crippen LogP contribution in [0.4, 0.5) is 0 Å². The van der Waals surface area contributed by atoms with Gasteiger partial charge in [-0.3, -0.25) is 9.59 Å². The lowest BCUT2D eigenvalue weighted by Crippen LogP contribution is -2.29. The average molecular weight is 317 g/mol. The molecular weight excluding hydrogens is 298 g/mol. The Kier molecular flexibility index (Phi) is 4.18. The van der Waals surface area contributed by atoms with Crippen LogP contribution in [0.3, 0.4) is 0 Å². The Hall–Kier alpha value is -2.57. The fourth-order valence-corrected chi connectivity index (χ4v) is 3.03. The number of hydrogen-bond donors (Lipinski definition) is 3. The molecule has 0 bridgehead atoms. The van der Waals surface area contributed by atoms with Crippen molar-refractivity contribution in [1.29, 1.82) is 0 Å². The minimum atomic E-state index is -0.825. The number of aromatic nitrogens is 2. The monoisotopic (exact) mass is 317 g/mol. The van der Waals surface area contributed by atoms with Gasteiger partial charge in [0.05, 0.1) is 17.0 Å². The van der Waals surface area contributed by atoms with Crippen LogP contribution in [0, 0.1) is 5.92 Å². The van der Waals surface area contributed by atoms with Gasteiger partial charge in [0.2, 0.25) is 5.91 Å². The summed E-state index contributed by atoms with van der Waals surface area (Å²) in [5.74, 6) is -1.23. The molecule has 1 aromatic carbocycles. The molecule has 1 fully saturated rings. The van der Waals surface area contributed by atoms with Crippen LogP contribution in [0.2, 0.25) is 0 Å². The van der Waals surface area contributed by atoms with Gasteiger partial charge in [-0.15, -0.1) is 0 Å². The molecule has 1 amide bonds. The first-order chi connectivity index (χ1) is 11.0. The topological polar surface area (TPSA) is 106 Å². The maximum Gasteiger partial charge on any atom is 0.323 e. The highest BCUT2D eigenvalue weighted by molar-refractivity contribution is 5.79. The van der Waals surface area contributed by atoms with Crippen molar-refractivity contribution in [2.75, 3.05) is 13.1 Å². The van der Waals surface area contributed by atoms with Gasteiger partial charge in [0.25, 0.3) is 0 Å². The van der Waals surface area contributed by atoms with E-state index in [2.05, 4.69) is 9.97 Å². The third-order valence-electron chi connectivity index (χ3n) is 4.33. The molecule has 0 radical (unpaired) electrons. The molecule has 1 unspecified atom stereocenters. The fraction of sp³-hybridized carbons (Fsp3) is 0.438. The van der Waals surface area contributed by atoms with E-state index < -0.39 is 11.9 Å². The van der Waals surface area contributed by atoms with Crippen LogP contribution in [0.15, 0.2) is 23.0 Å². The van der Waals surface area contributed by atoms with E-state index in [9.17, 15) is 14.4 Å². The SMILES string of the molecule is O=C(O)C1CCN(C(=O)CCCc2ccc3[nH]c(=O)[nH]c3c2)C1. The highest BCUT2D eigenvalue weighted by Gasteiger charge is 2.30. The molecule has 1 atom stereocenters. The summed E-state index contributed by atoms with van der Waals surface area (Å²) < 4.78 is 0. The van der Waals surface area contributed by atoms with Gasteiger partial charge in [-0.05, 0) is 37.0 Å². The van der Waals surface area contributed by atoms with Crippen molar-refractivity contribution in [1.82, 2.24) is 14.9 Å². The number of carboxylic acids is 1. The van der Waals surface area contributed by atoms with Crippen molar-refractivity contribution in [2.24, 2.45) is 5.92 Å². The molecular formula is C16H19N3O4. The highest BCUT2D eigenvalue weighted by atomic mass is 16.4. The molecule has 0 saturated carbocycles. The lowest BCUT2D eigenvalue weighted by molar-refractivity contribution is -0.141. The molecule has 23 heavy (non-hydrogen) atoms. The summed E-state index contributed by atoms with van der Waals surface area (Å²) in [4.78, 5) is 41.3. The number of rotatable bonds is 5. The smallest absolute Gasteiger partial charge is 0.323 e. The molecule has 1 aromatic heterocycles. The largest absolute Gasteiger partial charge is 0.481 e. The third kappa shape index (κ3) is 3.44. The van der Waals surface area contributed by atoms with Gasteiger partial charge in [0.15, 0.2) is 0 Å². The number of fused-ring (bicyclic) bond motifs is 1. The number of H-pyrrole nitrogens is 2. The Bertz CT molecular complexity index is 792. The second-order valence-electron chi connectivity index (χ2n) is 5.98. The number of aliphatic carboxylic acids is 1. The number of benzene rings is 1. The number of aromatic amines is 2. The van der Waals surface area contributed by atoms with E-state index in [0.29, 0.717) is 32.4 Å². The maximum atomic E-state index is 12.1. The number of nitrogens with one attached hydrogen (secondary N) is 2. The third-order valence-corrected chi connectivity index (χ3v) is 4.33. The number of aryl methyl sites for hydroxylation is 1. The van der Waals surface area contributed by atoms with E-state index in [0.717, 1.165) is 23.0 Å². The Morgan fingerprint density at radius 1 is 1.26 bits per heavy atom. The van der Waals surface area contributed by atoms with Crippen LogP contribution in [-0.4, -0.2) is 44.9 Å². The van der Waals surface area contributed by atoms with Gasteiger partial charge < -0.3 is 20.0 Å². The summed E-state index contributed by atoms with van der Waals surface area (Å²) in [7, 11) is 0. The second-order valence-corrected chi connectivity index (χ2v) is 5.98. The number of hydrogen-bond acceptors (Lipinski definition) is 3. The predicted molar refractivity (Wildman–Crippen MR) is 84.2 cm³/mol. The lowest BCUT2D eigenvalue weighted by atomic mass is 10.1. The summed E-state index contributed by atoms with van der Waals surface area (Å²) >= 11 is 0. The predicted octanol–water partition coefficient (Wildman–Crippen LogP) is 1.11. The van der Waals surface area contributed by atoms with Crippen molar-refractivity contribution < 1.29 is 14.7 Å². The van der Waals surface area contributed by atoms with E-state index in [1.165, 1.54) is 0 Å². The summed E-state index contributed by atoms with van der Waals surface area (Å²) in [5, 5.41) is 8.96.